The van der Waals surface area contributed by atoms with Crippen molar-refractivity contribution in [2.24, 2.45) is 0 Å². The fourth-order valence-electron chi connectivity index (χ4n) is 2.09. The minimum atomic E-state index is -0.514. The summed E-state index contributed by atoms with van der Waals surface area (Å²) in [6.45, 7) is 3.57. The lowest BCUT2D eigenvalue weighted by Gasteiger charge is -2.34. The summed E-state index contributed by atoms with van der Waals surface area (Å²) in [5.74, 6) is 0. The summed E-state index contributed by atoms with van der Waals surface area (Å²) < 4.78 is 0. The topological polar surface area (TPSA) is 102 Å². The number of nitro benzene ring substituents is 1. The SMILES string of the molecule is CN1CCN(c2cc(N)c([N+](=O)[O-])cc2N)CC1. The van der Waals surface area contributed by atoms with Crippen LogP contribution in [0.3, 0.4) is 0 Å². The average molecular weight is 251 g/mol. The molecule has 0 radical (unpaired) electrons. The summed E-state index contributed by atoms with van der Waals surface area (Å²) >= 11 is 0. The molecule has 0 aliphatic carbocycles. The second kappa shape index (κ2) is 4.69. The van der Waals surface area contributed by atoms with E-state index in [9.17, 15) is 10.1 Å². The number of likely N-dealkylation sites (N-methyl/N-ethyl adjacent to an activating group) is 1. The van der Waals surface area contributed by atoms with Crippen LogP contribution in [0.5, 0.6) is 0 Å². The molecule has 1 aromatic carbocycles. The van der Waals surface area contributed by atoms with Gasteiger partial charge in [-0.25, -0.2) is 0 Å². The van der Waals surface area contributed by atoms with Gasteiger partial charge in [-0.2, -0.15) is 0 Å². The molecular formula is C11H17N5O2. The molecule has 4 N–H and O–H groups in total. The summed E-state index contributed by atoms with van der Waals surface area (Å²) in [5.41, 5.74) is 12.8. The van der Waals surface area contributed by atoms with Crippen molar-refractivity contribution in [2.75, 3.05) is 49.6 Å². The Labute approximate surface area is 105 Å². The third-order valence-corrected chi connectivity index (χ3v) is 3.22. The lowest BCUT2D eigenvalue weighted by molar-refractivity contribution is -0.383. The molecule has 1 aliphatic heterocycles. The molecule has 1 aliphatic rings. The van der Waals surface area contributed by atoms with E-state index in [1.54, 1.807) is 6.07 Å². The number of hydrogen-bond acceptors (Lipinski definition) is 6. The van der Waals surface area contributed by atoms with Gasteiger partial charge in [0, 0.05) is 32.2 Å². The predicted octanol–water partition coefficient (Wildman–Crippen LogP) is 0.511. The van der Waals surface area contributed by atoms with E-state index >= 15 is 0 Å². The summed E-state index contributed by atoms with van der Waals surface area (Å²) in [7, 11) is 2.06. The zero-order valence-electron chi connectivity index (χ0n) is 10.3. The third-order valence-electron chi connectivity index (χ3n) is 3.22. The first-order valence-corrected chi connectivity index (χ1v) is 5.76. The van der Waals surface area contributed by atoms with Gasteiger partial charge in [-0.15, -0.1) is 0 Å². The number of nitro groups is 1. The number of nitrogens with zero attached hydrogens (tertiary/aromatic N) is 3. The van der Waals surface area contributed by atoms with Crippen molar-refractivity contribution in [2.45, 2.75) is 0 Å². The van der Waals surface area contributed by atoms with Crippen molar-refractivity contribution in [1.29, 1.82) is 0 Å². The molecule has 18 heavy (non-hydrogen) atoms. The molecule has 0 bridgehead atoms. The van der Waals surface area contributed by atoms with Crippen LogP contribution < -0.4 is 16.4 Å². The fourth-order valence-corrected chi connectivity index (χ4v) is 2.09. The van der Waals surface area contributed by atoms with Crippen LogP contribution in [0.2, 0.25) is 0 Å². The van der Waals surface area contributed by atoms with Gasteiger partial charge in [0.1, 0.15) is 5.69 Å². The normalized spacial score (nSPS) is 16.8. The van der Waals surface area contributed by atoms with E-state index in [4.69, 9.17) is 11.5 Å². The van der Waals surface area contributed by atoms with Gasteiger partial charge < -0.3 is 21.3 Å². The molecule has 1 saturated heterocycles. The van der Waals surface area contributed by atoms with Crippen LogP contribution in [-0.4, -0.2) is 43.0 Å². The molecule has 1 heterocycles. The van der Waals surface area contributed by atoms with Crippen molar-refractivity contribution >= 4 is 22.7 Å². The molecule has 1 fully saturated rings. The second-order valence-electron chi connectivity index (χ2n) is 4.52. The molecule has 0 saturated carbocycles. The molecule has 2 rings (SSSR count). The van der Waals surface area contributed by atoms with E-state index < -0.39 is 4.92 Å². The highest BCUT2D eigenvalue weighted by atomic mass is 16.6. The van der Waals surface area contributed by atoms with Gasteiger partial charge in [-0.3, -0.25) is 10.1 Å². The third kappa shape index (κ3) is 2.30. The molecule has 7 nitrogen and oxygen atoms in total. The minimum Gasteiger partial charge on any atom is -0.397 e. The van der Waals surface area contributed by atoms with Crippen molar-refractivity contribution < 1.29 is 4.92 Å². The van der Waals surface area contributed by atoms with E-state index in [1.165, 1.54) is 6.07 Å². The molecule has 98 valence electrons. The number of nitrogens with two attached hydrogens (primary N) is 2. The van der Waals surface area contributed by atoms with Crippen LogP contribution >= 0.6 is 0 Å². The van der Waals surface area contributed by atoms with E-state index in [0.29, 0.717) is 5.69 Å². The van der Waals surface area contributed by atoms with Gasteiger partial charge in [-0.1, -0.05) is 0 Å². The van der Waals surface area contributed by atoms with Crippen molar-refractivity contribution in [3.8, 4) is 0 Å². The first-order chi connectivity index (χ1) is 8.49. The van der Waals surface area contributed by atoms with Crippen molar-refractivity contribution in [3.05, 3.63) is 22.2 Å². The summed E-state index contributed by atoms with van der Waals surface area (Å²) in [5, 5.41) is 10.8. The second-order valence-corrected chi connectivity index (χ2v) is 4.52. The maximum Gasteiger partial charge on any atom is 0.294 e. The van der Waals surface area contributed by atoms with Crippen molar-refractivity contribution in [1.82, 2.24) is 4.90 Å². The van der Waals surface area contributed by atoms with Crippen molar-refractivity contribution in [3.63, 3.8) is 0 Å². The minimum absolute atomic E-state index is 0.134. The molecule has 0 spiro atoms. The van der Waals surface area contributed by atoms with E-state index in [1.807, 2.05) is 0 Å². The molecule has 1 aromatic rings. The number of anilines is 3. The Morgan fingerprint density at radius 1 is 1.17 bits per heavy atom. The average Bonchev–Trinajstić information content (AvgIpc) is 2.32. The quantitative estimate of drug-likeness (QED) is 0.451. The van der Waals surface area contributed by atoms with E-state index in [2.05, 4.69) is 16.8 Å². The van der Waals surface area contributed by atoms with Gasteiger partial charge in [0.15, 0.2) is 0 Å². The van der Waals surface area contributed by atoms with E-state index in [-0.39, 0.29) is 11.4 Å². The van der Waals surface area contributed by atoms with E-state index in [0.717, 1.165) is 31.9 Å². The monoisotopic (exact) mass is 251 g/mol. The van der Waals surface area contributed by atoms with Crippen LogP contribution in [0.1, 0.15) is 0 Å². The zero-order chi connectivity index (χ0) is 13.3. The van der Waals surface area contributed by atoms with Gasteiger partial charge in [0.05, 0.1) is 16.3 Å². The van der Waals surface area contributed by atoms with Crippen LogP contribution in [0, 0.1) is 10.1 Å². The standard InChI is InChI=1S/C11H17N5O2/c1-14-2-4-15(5-3-14)10-6-9(13)11(16(17)18)7-8(10)12/h6-7H,2-5,12-13H2,1H3. The molecule has 0 amide bonds. The highest BCUT2D eigenvalue weighted by Crippen LogP contribution is 2.33. The summed E-state index contributed by atoms with van der Waals surface area (Å²) in [6, 6.07) is 2.93. The van der Waals surface area contributed by atoms with Crippen LogP contribution in [0.4, 0.5) is 22.7 Å². The Hall–Kier alpha value is -2.02. The summed E-state index contributed by atoms with van der Waals surface area (Å²) in [4.78, 5) is 14.6. The van der Waals surface area contributed by atoms with Gasteiger partial charge in [-0.05, 0) is 13.1 Å². The maximum atomic E-state index is 10.8. The lowest BCUT2D eigenvalue weighted by atomic mass is 10.1. The number of benzene rings is 1. The summed E-state index contributed by atoms with van der Waals surface area (Å²) in [6.07, 6.45) is 0. The van der Waals surface area contributed by atoms with Crippen LogP contribution in [-0.2, 0) is 0 Å². The highest BCUT2D eigenvalue weighted by molar-refractivity contribution is 5.78. The van der Waals surface area contributed by atoms with Crippen LogP contribution in [0.15, 0.2) is 12.1 Å². The molecule has 7 heteroatoms. The lowest BCUT2D eigenvalue weighted by Crippen LogP contribution is -2.44. The fraction of sp³-hybridized carbons (Fsp3) is 0.455. The van der Waals surface area contributed by atoms with Crippen LogP contribution in [0.25, 0.3) is 0 Å². The zero-order valence-corrected chi connectivity index (χ0v) is 10.3. The Kier molecular flexibility index (Phi) is 3.24. The van der Waals surface area contributed by atoms with Gasteiger partial charge in [0.2, 0.25) is 0 Å². The Bertz CT molecular complexity index is 469. The Morgan fingerprint density at radius 2 is 1.78 bits per heavy atom. The highest BCUT2D eigenvalue weighted by Gasteiger charge is 2.20. The molecular weight excluding hydrogens is 234 g/mol. The first kappa shape index (κ1) is 12.4. The maximum absolute atomic E-state index is 10.8. The smallest absolute Gasteiger partial charge is 0.294 e. The first-order valence-electron chi connectivity index (χ1n) is 5.76. The van der Waals surface area contributed by atoms with Gasteiger partial charge in [0.25, 0.3) is 5.69 Å². The Morgan fingerprint density at radius 3 is 2.33 bits per heavy atom. The Balaban J connectivity index is 2.29. The number of rotatable bonds is 2. The number of nitrogen functional groups attached to an aromatic ring is 2. The van der Waals surface area contributed by atoms with Gasteiger partial charge >= 0.3 is 0 Å². The largest absolute Gasteiger partial charge is 0.397 e. The number of piperazine rings is 1. The number of hydrogen-bond donors (Lipinski definition) is 2. The molecule has 0 atom stereocenters. The molecule has 0 unspecified atom stereocenters. The molecule has 0 aromatic heterocycles. The predicted molar refractivity (Wildman–Crippen MR) is 71.6 cm³/mol.